The second-order valence-electron chi connectivity index (χ2n) is 8.30. The van der Waals surface area contributed by atoms with Crippen molar-refractivity contribution in [3.63, 3.8) is 0 Å². The maximum Gasteiger partial charge on any atom is 0.330 e. The fraction of sp³-hybridized carbons (Fsp3) is 0.706. The van der Waals surface area contributed by atoms with Crippen LogP contribution in [0.25, 0.3) is 0 Å². The molecule has 4 atom stereocenters. The number of aromatic amines is 1. The number of H-pyrrole nitrogens is 1. The number of rotatable bonds is 5. The van der Waals surface area contributed by atoms with Gasteiger partial charge in [0.05, 0.1) is 6.20 Å². The fourth-order valence-corrected chi connectivity index (χ4v) is 3.87. The van der Waals surface area contributed by atoms with Gasteiger partial charge in [0, 0.05) is 6.92 Å². The molecule has 28 heavy (non-hydrogen) atoms. The number of alkyl halides is 1. The predicted octanol–water partition coefficient (Wildman–Crippen LogP) is 1.86. The molecule has 1 aromatic rings. The van der Waals surface area contributed by atoms with Gasteiger partial charge in [-0.25, -0.2) is 9.18 Å². The molecule has 8 nitrogen and oxygen atoms in total. The molecule has 0 spiro atoms. The third-order valence-corrected chi connectivity index (χ3v) is 9.63. The summed E-state index contributed by atoms with van der Waals surface area (Å²) in [6.45, 7) is 10.7. The van der Waals surface area contributed by atoms with Crippen LogP contribution in [-0.4, -0.2) is 48.8 Å². The summed E-state index contributed by atoms with van der Waals surface area (Å²) in [6, 6.07) is 0. The molecule has 0 aliphatic carbocycles. The lowest BCUT2D eigenvalue weighted by atomic mass is 10.1. The first-order valence-electron chi connectivity index (χ1n) is 8.86. The minimum Gasteiger partial charge on any atom is -0.463 e. The average Bonchev–Trinajstić information content (AvgIpc) is 2.84. The molecular formula is C17H26F2N2O6Si. The summed E-state index contributed by atoms with van der Waals surface area (Å²) in [4.78, 5) is 36.2. The number of ether oxygens (including phenoxy) is 2. The van der Waals surface area contributed by atoms with E-state index < -0.39 is 56.0 Å². The van der Waals surface area contributed by atoms with E-state index >= 15 is 4.39 Å². The highest BCUT2D eigenvalue weighted by Crippen LogP contribution is 2.42. The third-order valence-electron chi connectivity index (χ3n) is 5.15. The Morgan fingerprint density at radius 2 is 1.96 bits per heavy atom. The van der Waals surface area contributed by atoms with Crippen molar-refractivity contribution < 1.29 is 27.5 Å². The van der Waals surface area contributed by atoms with E-state index in [0.717, 1.165) is 0 Å². The van der Waals surface area contributed by atoms with E-state index in [0.29, 0.717) is 10.8 Å². The largest absolute Gasteiger partial charge is 0.463 e. The standard InChI is InChI=1S/C17H26F2N2O6Si/c1-9(22)25-8-11-13(27-28(5,6)17(2,3)4)12(19)15(26-11)21-7-10(18)14(23)20-16(21)24/h7,11-13,15H,8H2,1-6H3,(H,20,23,24)/t11?,12-,13+,15+/m0/s1. The molecule has 1 aliphatic rings. The molecule has 0 radical (unpaired) electrons. The molecule has 11 heteroatoms. The van der Waals surface area contributed by atoms with E-state index in [4.69, 9.17) is 13.9 Å². The second kappa shape index (κ2) is 7.88. The van der Waals surface area contributed by atoms with Crippen LogP contribution in [-0.2, 0) is 18.7 Å². The van der Waals surface area contributed by atoms with E-state index in [1.165, 1.54) is 6.92 Å². The van der Waals surface area contributed by atoms with E-state index in [1.54, 1.807) is 4.98 Å². The van der Waals surface area contributed by atoms with Crippen LogP contribution < -0.4 is 11.2 Å². The minimum atomic E-state index is -2.45. The summed E-state index contributed by atoms with van der Waals surface area (Å²) in [5.74, 6) is -1.83. The number of hydrogen-bond donors (Lipinski definition) is 1. The van der Waals surface area contributed by atoms with Crippen molar-refractivity contribution in [2.45, 2.75) is 70.4 Å². The van der Waals surface area contributed by atoms with Crippen LogP contribution in [0.1, 0.15) is 33.9 Å². The monoisotopic (exact) mass is 420 g/mol. The zero-order chi connectivity index (χ0) is 21.4. The molecule has 1 aliphatic heterocycles. The lowest BCUT2D eigenvalue weighted by Gasteiger charge is -2.39. The SMILES string of the molecule is CC(=O)OCC1O[C@@H](n2cc(F)c(=O)[nH]c2=O)[C@@H](F)[C@@H]1O[Si](C)(C)C(C)(C)C. The van der Waals surface area contributed by atoms with Gasteiger partial charge in [-0.2, -0.15) is 4.39 Å². The summed E-state index contributed by atoms with van der Waals surface area (Å²) in [5.41, 5.74) is -2.22. The highest BCUT2D eigenvalue weighted by atomic mass is 28.4. The Balaban J connectivity index is 2.39. The Hall–Kier alpha value is -1.85. The summed E-state index contributed by atoms with van der Waals surface area (Å²) < 4.78 is 46.2. The van der Waals surface area contributed by atoms with Gasteiger partial charge >= 0.3 is 11.7 Å². The third kappa shape index (κ3) is 4.58. The molecule has 1 aromatic heterocycles. The van der Waals surface area contributed by atoms with Gasteiger partial charge in [-0.1, -0.05) is 20.8 Å². The predicted molar refractivity (Wildman–Crippen MR) is 98.8 cm³/mol. The van der Waals surface area contributed by atoms with Gasteiger partial charge in [0.25, 0.3) is 5.56 Å². The van der Waals surface area contributed by atoms with Crippen molar-refractivity contribution >= 4 is 14.3 Å². The first-order valence-corrected chi connectivity index (χ1v) is 11.8. The Bertz CT molecular complexity index is 847. The topological polar surface area (TPSA) is 99.6 Å². The molecule has 1 unspecified atom stereocenters. The Morgan fingerprint density at radius 1 is 1.36 bits per heavy atom. The van der Waals surface area contributed by atoms with Crippen molar-refractivity contribution in [1.82, 2.24) is 9.55 Å². The molecule has 2 rings (SSSR count). The zero-order valence-corrected chi connectivity index (χ0v) is 17.7. The van der Waals surface area contributed by atoms with Crippen LogP contribution in [0.2, 0.25) is 18.1 Å². The fourth-order valence-electron chi connectivity index (χ4n) is 2.56. The van der Waals surface area contributed by atoms with Gasteiger partial charge in [-0.3, -0.25) is 19.1 Å². The first-order chi connectivity index (χ1) is 12.7. The molecule has 1 saturated heterocycles. The van der Waals surface area contributed by atoms with Crippen LogP contribution in [0.4, 0.5) is 8.78 Å². The maximum absolute atomic E-state index is 15.3. The summed E-state index contributed by atoms with van der Waals surface area (Å²) >= 11 is 0. The van der Waals surface area contributed by atoms with Crippen molar-refractivity contribution in [3.05, 3.63) is 32.9 Å². The molecule has 0 bridgehead atoms. The van der Waals surface area contributed by atoms with Gasteiger partial charge in [0.2, 0.25) is 5.82 Å². The van der Waals surface area contributed by atoms with Gasteiger partial charge in [0.1, 0.15) is 18.8 Å². The number of halogens is 2. The van der Waals surface area contributed by atoms with Crippen molar-refractivity contribution in [2.24, 2.45) is 0 Å². The summed E-state index contributed by atoms with van der Waals surface area (Å²) in [7, 11) is -2.45. The lowest BCUT2D eigenvalue weighted by Crippen LogP contribution is -2.49. The molecule has 158 valence electrons. The van der Waals surface area contributed by atoms with E-state index in [-0.39, 0.29) is 11.6 Å². The molecule has 0 saturated carbocycles. The van der Waals surface area contributed by atoms with Crippen LogP contribution in [0.3, 0.4) is 0 Å². The Labute approximate surface area is 161 Å². The molecule has 0 amide bonds. The van der Waals surface area contributed by atoms with Gasteiger partial charge in [-0.05, 0) is 18.1 Å². The summed E-state index contributed by atoms with van der Waals surface area (Å²) in [5, 5.41) is -0.238. The number of hydrogen-bond acceptors (Lipinski definition) is 6. The normalized spacial score (nSPS) is 25.7. The molecule has 0 aromatic carbocycles. The van der Waals surface area contributed by atoms with Crippen LogP contribution in [0.5, 0.6) is 0 Å². The molecule has 1 N–H and O–H groups in total. The quantitative estimate of drug-likeness (QED) is 0.577. The van der Waals surface area contributed by atoms with Crippen LogP contribution >= 0.6 is 0 Å². The highest BCUT2D eigenvalue weighted by molar-refractivity contribution is 6.74. The number of nitrogens with zero attached hydrogens (tertiary/aromatic N) is 1. The van der Waals surface area contributed by atoms with Gasteiger partial charge in [0.15, 0.2) is 20.7 Å². The molecule has 1 fully saturated rings. The summed E-state index contributed by atoms with van der Waals surface area (Å²) in [6.07, 6.45) is -4.92. The zero-order valence-electron chi connectivity index (χ0n) is 16.7. The van der Waals surface area contributed by atoms with Gasteiger partial charge in [-0.15, -0.1) is 0 Å². The van der Waals surface area contributed by atoms with Crippen molar-refractivity contribution in [3.8, 4) is 0 Å². The maximum atomic E-state index is 15.3. The van der Waals surface area contributed by atoms with E-state index in [2.05, 4.69) is 0 Å². The number of esters is 1. The minimum absolute atomic E-state index is 0.238. The first kappa shape index (κ1) is 22.4. The number of aromatic nitrogens is 2. The second-order valence-corrected chi connectivity index (χ2v) is 13.1. The number of nitrogens with one attached hydrogen (secondary N) is 1. The Kier molecular flexibility index (Phi) is 6.31. The highest BCUT2D eigenvalue weighted by Gasteiger charge is 2.52. The smallest absolute Gasteiger partial charge is 0.330 e. The van der Waals surface area contributed by atoms with Crippen molar-refractivity contribution in [2.75, 3.05) is 6.61 Å². The molecular weight excluding hydrogens is 394 g/mol. The average molecular weight is 420 g/mol. The van der Waals surface area contributed by atoms with Crippen molar-refractivity contribution in [1.29, 1.82) is 0 Å². The van der Waals surface area contributed by atoms with E-state index in [1.807, 2.05) is 33.9 Å². The number of carbonyl (C=O) groups excluding carboxylic acids is 1. The molecule has 2 heterocycles. The van der Waals surface area contributed by atoms with Crippen LogP contribution in [0.15, 0.2) is 15.8 Å². The van der Waals surface area contributed by atoms with Gasteiger partial charge < -0.3 is 13.9 Å². The number of carbonyl (C=O) groups is 1. The lowest BCUT2D eigenvalue weighted by molar-refractivity contribution is -0.147. The van der Waals surface area contributed by atoms with Crippen LogP contribution in [0, 0.1) is 5.82 Å². The van der Waals surface area contributed by atoms with E-state index in [9.17, 15) is 18.8 Å². The Morgan fingerprint density at radius 3 is 2.50 bits per heavy atom.